The maximum atomic E-state index is 5.37. The van der Waals surface area contributed by atoms with E-state index in [1.54, 1.807) is 0 Å². The van der Waals surface area contributed by atoms with Gasteiger partial charge in [0.2, 0.25) is 0 Å². The zero-order valence-electron chi connectivity index (χ0n) is 13.4. The standard InChI is InChI=1S/C12H18O.C8H8/c1-4-10(3)11-6-8-12(9-7-11)13-5-2;1-2-8-6-4-3-5-7-8/h6-10H,4-5H2,1-3H3;2-7H,1H2. The van der Waals surface area contributed by atoms with Crippen LogP contribution in [0.5, 0.6) is 5.75 Å². The first-order valence-corrected chi connectivity index (χ1v) is 7.61. The first kappa shape index (κ1) is 17.0. The molecular weight excluding hydrogens is 256 g/mol. The van der Waals surface area contributed by atoms with Crippen molar-refractivity contribution in [2.45, 2.75) is 33.1 Å². The summed E-state index contributed by atoms with van der Waals surface area (Å²) in [5, 5.41) is 0. The molecule has 0 bridgehead atoms. The van der Waals surface area contributed by atoms with Crippen LogP contribution < -0.4 is 4.74 Å². The molecule has 2 rings (SSSR count). The third-order valence-electron chi connectivity index (χ3n) is 3.41. The van der Waals surface area contributed by atoms with Crippen LogP contribution in [-0.2, 0) is 0 Å². The molecule has 0 saturated carbocycles. The molecule has 0 heterocycles. The van der Waals surface area contributed by atoms with Crippen molar-refractivity contribution in [3.05, 3.63) is 72.3 Å². The Morgan fingerprint density at radius 1 is 1.00 bits per heavy atom. The number of hydrogen-bond acceptors (Lipinski definition) is 1. The third-order valence-corrected chi connectivity index (χ3v) is 3.41. The Morgan fingerprint density at radius 2 is 1.62 bits per heavy atom. The molecule has 1 unspecified atom stereocenters. The average molecular weight is 282 g/mol. The van der Waals surface area contributed by atoms with Gasteiger partial charge in [-0.2, -0.15) is 0 Å². The van der Waals surface area contributed by atoms with Crippen molar-refractivity contribution < 1.29 is 4.74 Å². The van der Waals surface area contributed by atoms with Crippen molar-refractivity contribution in [3.8, 4) is 5.75 Å². The predicted molar refractivity (Wildman–Crippen MR) is 92.9 cm³/mol. The van der Waals surface area contributed by atoms with Crippen LogP contribution >= 0.6 is 0 Å². The van der Waals surface area contributed by atoms with Crippen LogP contribution in [0.25, 0.3) is 6.08 Å². The Labute approximate surface area is 129 Å². The molecule has 0 radical (unpaired) electrons. The summed E-state index contributed by atoms with van der Waals surface area (Å²) in [6.45, 7) is 10.8. The Balaban J connectivity index is 0.000000235. The van der Waals surface area contributed by atoms with Gasteiger partial charge in [-0.25, -0.2) is 0 Å². The van der Waals surface area contributed by atoms with E-state index in [9.17, 15) is 0 Å². The van der Waals surface area contributed by atoms with Gasteiger partial charge in [-0.15, -0.1) is 0 Å². The SMILES string of the molecule is C=Cc1ccccc1.CCOc1ccc(C(C)CC)cc1. The van der Waals surface area contributed by atoms with Crippen LogP contribution in [0, 0.1) is 0 Å². The molecule has 0 N–H and O–H groups in total. The summed E-state index contributed by atoms with van der Waals surface area (Å²) in [5.41, 5.74) is 2.57. The van der Waals surface area contributed by atoms with Crippen LogP contribution in [0.4, 0.5) is 0 Å². The molecule has 1 atom stereocenters. The fraction of sp³-hybridized carbons (Fsp3) is 0.300. The summed E-state index contributed by atoms with van der Waals surface area (Å²) < 4.78 is 5.37. The number of hydrogen-bond donors (Lipinski definition) is 0. The van der Waals surface area contributed by atoms with E-state index >= 15 is 0 Å². The average Bonchev–Trinajstić information content (AvgIpc) is 2.56. The van der Waals surface area contributed by atoms with Crippen molar-refractivity contribution in [1.29, 1.82) is 0 Å². The van der Waals surface area contributed by atoms with Gasteiger partial charge in [0.1, 0.15) is 5.75 Å². The molecule has 0 aromatic heterocycles. The van der Waals surface area contributed by atoms with Gasteiger partial charge in [0, 0.05) is 0 Å². The molecular formula is C20H26O. The molecule has 1 nitrogen and oxygen atoms in total. The molecule has 0 saturated heterocycles. The van der Waals surface area contributed by atoms with Crippen molar-refractivity contribution in [3.63, 3.8) is 0 Å². The third kappa shape index (κ3) is 6.31. The highest BCUT2D eigenvalue weighted by Gasteiger charge is 2.01. The van der Waals surface area contributed by atoms with E-state index < -0.39 is 0 Å². The van der Waals surface area contributed by atoms with E-state index in [4.69, 9.17) is 4.74 Å². The smallest absolute Gasteiger partial charge is 0.119 e. The Hall–Kier alpha value is -2.02. The van der Waals surface area contributed by atoms with E-state index in [0.29, 0.717) is 5.92 Å². The topological polar surface area (TPSA) is 9.23 Å². The van der Waals surface area contributed by atoms with E-state index in [0.717, 1.165) is 12.4 Å². The van der Waals surface area contributed by atoms with E-state index in [1.165, 1.54) is 17.5 Å². The fourth-order valence-corrected chi connectivity index (χ4v) is 1.88. The summed E-state index contributed by atoms with van der Waals surface area (Å²) in [7, 11) is 0. The molecule has 1 heteroatoms. The molecule has 2 aromatic rings. The Kier molecular flexibility index (Phi) is 7.96. The van der Waals surface area contributed by atoms with Crippen LogP contribution in [0.1, 0.15) is 44.2 Å². The lowest BCUT2D eigenvalue weighted by Gasteiger charge is -2.09. The summed E-state index contributed by atoms with van der Waals surface area (Å²) in [4.78, 5) is 0. The van der Waals surface area contributed by atoms with Crippen molar-refractivity contribution in [2.75, 3.05) is 6.61 Å². The van der Waals surface area contributed by atoms with Crippen LogP contribution in [-0.4, -0.2) is 6.61 Å². The zero-order chi connectivity index (χ0) is 15.5. The summed E-state index contributed by atoms with van der Waals surface area (Å²) >= 11 is 0. The summed E-state index contributed by atoms with van der Waals surface area (Å²) in [5.74, 6) is 1.62. The maximum Gasteiger partial charge on any atom is 0.119 e. The largest absolute Gasteiger partial charge is 0.494 e. The molecule has 21 heavy (non-hydrogen) atoms. The summed E-state index contributed by atoms with van der Waals surface area (Å²) in [6, 6.07) is 18.4. The summed E-state index contributed by atoms with van der Waals surface area (Å²) in [6.07, 6.45) is 3.02. The van der Waals surface area contributed by atoms with Gasteiger partial charge in [-0.1, -0.05) is 69.0 Å². The second kappa shape index (κ2) is 9.82. The Bertz CT molecular complexity index is 499. The van der Waals surface area contributed by atoms with Gasteiger partial charge >= 0.3 is 0 Å². The molecule has 0 fully saturated rings. The van der Waals surface area contributed by atoms with E-state index in [-0.39, 0.29) is 0 Å². The van der Waals surface area contributed by atoms with Gasteiger partial charge in [0.25, 0.3) is 0 Å². The first-order valence-electron chi connectivity index (χ1n) is 7.61. The fourth-order valence-electron chi connectivity index (χ4n) is 1.88. The number of rotatable bonds is 5. The van der Waals surface area contributed by atoms with Crippen molar-refractivity contribution >= 4 is 6.08 Å². The number of ether oxygens (including phenoxy) is 1. The highest BCUT2D eigenvalue weighted by molar-refractivity contribution is 5.45. The lowest BCUT2D eigenvalue weighted by molar-refractivity contribution is 0.340. The molecule has 0 aliphatic carbocycles. The lowest BCUT2D eigenvalue weighted by atomic mass is 9.99. The van der Waals surface area contributed by atoms with Gasteiger partial charge in [0.05, 0.1) is 6.61 Å². The molecule has 2 aromatic carbocycles. The predicted octanol–water partition coefficient (Wildman–Crippen LogP) is 5.93. The van der Waals surface area contributed by atoms with Gasteiger partial charge in [-0.3, -0.25) is 0 Å². The Morgan fingerprint density at radius 3 is 2.05 bits per heavy atom. The number of benzene rings is 2. The minimum absolute atomic E-state index is 0.649. The minimum Gasteiger partial charge on any atom is -0.494 e. The van der Waals surface area contributed by atoms with Crippen molar-refractivity contribution in [1.82, 2.24) is 0 Å². The van der Waals surface area contributed by atoms with Crippen LogP contribution in [0.3, 0.4) is 0 Å². The monoisotopic (exact) mass is 282 g/mol. The second-order valence-corrected chi connectivity index (χ2v) is 4.93. The van der Waals surface area contributed by atoms with Crippen molar-refractivity contribution in [2.24, 2.45) is 0 Å². The van der Waals surface area contributed by atoms with Gasteiger partial charge in [-0.05, 0) is 42.5 Å². The lowest BCUT2D eigenvalue weighted by Crippen LogP contribution is -1.93. The first-order chi connectivity index (χ1) is 10.2. The van der Waals surface area contributed by atoms with Gasteiger partial charge < -0.3 is 4.74 Å². The highest BCUT2D eigenvalue weighted by Crippen LogP contribution is 2.21. The molecule has 0 spiro atoms. The zero-order valence-corrected chi connectivity index (χ0v) is 13.4. The van der Waals surface area contributed by atoms with E-state index in [1.807, 2.05) is 55.5 Å². The highest BCUT2D eigenvalue weighted by atomic mass is 16.5. The van der Waals surface area contributed by atoms with E-state index in [2.05, 4.69) is 32.6 Å². The molecule has 0 aliphatic heterocycles. The minimum atomic E-state index is 0.649. The maximum absolute atomic E-state index is 5.37. The molecule has 0 amide bonds. The second-order valence-electron chi connectivity index (χ2n) is 4.93. The molecule has 112 valence electrons. The molecule has 0 aliphatic rings. The van der Waals surface area contributed by atoms with Crippen LogP contribution in [0.2, 0.25) is 0 Å². The quantitative estimate of drug-likeness (QED) is 0.660. The normalized spacial score (nSPS) is 11.0. The van der Waals surface area contributed by atoms with Gasteiger partial charge in [0.15, 0.2) is 0 Å². The van der Waals surface area contributed by atoms with Crippen LogP contribution in [0.15, 0.2) is 61.2 Å².